The van der Waals surface area contributed by atoms with E-state index < -0.39 is 0 Å². The Hall–Kier alpha value is -3.09. The Balaban J connectivity index is 1.41. The molecule has 3 aromatic rings. The fourth-order valence-corrected chi connectivity index (χ4v) is 3.48. The number of carbonyl (C=O) groups is 1. The lowest BCUT2D eigenvalue weighted by Gasteiger charge is -2.32. The van der Waals surface area contributed by atoms with Gasteiger partial charge in [-0.3, -0.25) is 9.20 Å². The minimum atomic E-state index is -0.000296. The first kappa shape index (κ1) is 17.3. The molecule has 140 valence electrons. The van der Waals surface area contributed by atoms with Crippen LogP contribution in [0.2, 0.25) is 0 Å². The first-order valence-corrected chi connectivity index (χ1v) is 9.09. The van der Waals surface area contributed by atoms with Crippen molar-refractivity contribution < 1.29 is 14.3 Å². The largest absolute Gasteiger partial charge is 0.497 e. The van der Waals surface area contributed by atoms with Gasteiger partial charge in [-0.05, 0) is 37.1 Å². The predicted octanol–water partition coefficient (Wildman–Crippen LogP) is 2.67. The highest BCUT2D eigenvalue weighted by Crippen LogP contribution is 2.23. The molecule has 1 aromatic carbocycles. The van der Waals surface area contributed by atoms with Crippen molar-refractivity contribution in [1.29, 1.82) is 0 Å². The Bertz CT molecular complexity index is 940. The van der Waals surface area contributed by atoms with Crippen molar-refractivity contribution in [2.75, 3.05) is 26.8 Å². The Morgan fingerprint density at radius 2 is 2.15 bits per heavy atom. The van der Waals surface area contributed by atoms with Gasteiger partial charge in [0, 0.05) is 31.3 Å². The van der Waals surface area contributed by atoms with E-state index in [1.165, 1.54) is 0 Å². The van der Waals surface area contributed by atoms with Gasteiger partial charge in [-0.2, -0.15) is 0 Å². The average Bonchev–Trinajstić information content (AvgIpc) is 3.21. The SMILES string of the molecule is COc1cccc(OCC2CCCN(C(=O)c3cccn4cnnc34)C2)c1. The fraction of sp³-hybridized carbons (Fsp3) is 0.350. The van der Waals surface area contributed by atoms with Gasteiger partial charge in [0.15, 0.2) is 5.65 Å². The molecule has 0 N–H and O–H groups in total. The van der Waals surface area contributed by atoms with E-state index >= 15 is 0 Å². The molecule has 3 heterocycles. The van der Waals surface area contributed by atoms with E-state index in [0.29, 0.717) is 30.3 Å². The smallest absolute Gasteiger partial charge is 0.257 e. The summed E-state index contributed by atoms with van der Waals surface area (Å²) in [6.45, 7) is 2.01. The van der Waals surface area contributed by atoms with Crippen molar-refractivity contribution in [3.8, 4) is 11.5 Å². The molecule has 0 aliphatic carbocycles. The molecule has 1 aliphatic heterocycles. The van der Waals surface area contributed by atoms with E-state index in [1.807, 2.05) is 47.5 Å². The number of ether oxygens (including phenoxy) is 2. The third kappa shape index (κ3) is 3.72. The number of fused-ring (bicyclic) bond motifs is 1. The summed E-state index contributed by atoms with van der Waals surface area (Å²) in [5, 5.41) is 7.97. The number of amides is 1. The van der Waals surface area contributed by atoms with Gasteiger partial charge in [0.2, 0.25) is 0 Å². The van der Waals surface area contributed by atoms with Crippen LogP contribution in [0.1, 0.15) is 23.2 Å². The number of methoxy groups -OCH3 is 1. The first-order chi connectivity index (χ1) is 13.2. The van der Waals surface area contributed by atoms with Crippen LogP contribution >= 0.6 is 0 Å². The van der Waals surface area contributed by atoms with Crippen molar-refractivity contribution in [2.24, 2.45) is 5.92 Å². The molecule has 7 nitrogen and oxygen atoms in total. The minimum absolute atomic E-state index is 0.000296. The second kappa shape index (κ2) is 7.65. The number of carbonyl (C=O) groups excluding carboxylic acids is 1. The molecule has 0 spiro atoms. The van der Waals surface area contributed by atoms with E-state index in [2.05, 4.69) is 10.2 Å². The van der Waals surface area contributed by atoms with E-state index in [9.17, 15) is 4.79 Å². The molecular formula is C20H22N4O3. The van der Waals surface area contributed by atoms with Crippen LogP contribution in [0.3, 0.4) is 0 Å². The lowest BCUT2D eigenvalue weighted by Crippen LogP contribution is -2.41. The first-order valence-electron chi connectivity index (χ1n) is 9.09. The van der Waals surface area contributed by atoms with Crippen LogP contribution in [0.15, 0.2) is 48.9 Å². The second-order valence-electron chi connectivity index (χ2n) is 6.73. The van der Waals surface area contributed by atoms with Gasteiger partial charge in [-0.15, -0.1) is 10.2 Å². The van der Waals surface area contributed by atoms with Gasteiger partial charge in [-0.1, -0.05) is 6.07 Å². The zero-order valence-corrected chi connectivity index (χ0v) is 15.2. The summed E-state index contributed by atoms with van der Waals surface area (Å²) in [5.41, 5.74) is 1.18. The molecule has 7 heteroatoms. The van der Waals surface area contributed by atoms with Crippen molar-refractivity contribution >= 4 is 11.6 Å². The van der Waals surface area contributed by atoms with Gasteiger partial charge in [0.1, 0.15) is 17.8 Å². The Morgan fingerprint density at radius 3 is 3.04 bits per heavy atom. The van der Waals surface area contributed by atoms with Crippen molar-refractivity contribution in [3.63, 3.8) is 0 Å². The van der Waals surface area contributed by atoms with Crippen LogP contribution in [0.4, 0.5) is 0 Å². The molecule has 1 unspecified atom stereocenters. The van der Waals surface area contributed by atoms with Gasteiger partial charge in [0.05, 0.1) is 19.3 Å². The van der Waals surface area contributed by atoms with E-state index in [4.69, 9.17) is 9.47 Å². The maximum absolute atomic E-state index is 13.0. The monoisotopic (exact) mass is 366 g/mol. The summed E-state index contributed by atoms with van der Waals surface area (Å²) in [5.74, 6) is 1.85. The van der Waals surface area contributed by atoms with Gasteiger partial charge >= 0.3 is 0 Å². The maximum atomic E-state index is 13.0. The number of piperidine rings is 1. The van der Waals surface area contributed by atoms with Gasteiger partial charge in [-0.25, -0.2) is 0 Å². The number of likely N-dealkylation sites (tertiary alicyclic amines) is 1. The molecule has 1 atom stereocenters. The highest BCUT2D eigenvalue weighted by Gasteiger charge is 2.26. The Morgan fingerprint density at radius 1 is 1.26 bits per heavy atom. The molecule has 1 fully saturated rings. The zero-order valence-electron chi connectivity index (χ0n) is 15.2. The van der Waals surface area contributed by atoms with Crippen LogP contribution in [-0.4, -0.2) is 52.2 Å². The molecule has 0 radical (unpaired) electrons. The standard InChI is InChI=1S/C20H22N4O3/c1-26-16-6-2-7-17(11-16)27-13-15-5-3-9-23(12-15)20(25)18-8-4-10-24-14-21-22-19(18)24/h2,4,6-8,10-11,14-15H,3,5,9,12-13H2,1H3. The third-order valence-electron chi connectivity index (χ3n) is 4.89. The number of nitrogens with zero attached hydrogens (tertiary/aromatic N) is 4. The molecular weight excluding hydrogens is 344 g/mol. The fourth-order valence-electron chi connectivity index (χ4n) is 3.48. The second-order valence-corrected chi connectivity index (χ2v) is 6.73. The summed E-state index contributed by atoms with van der Waals surface area (Å²) in [6.07, 6.45) is 5.46. The molecule has 1 amide bonds. The lowest BCUT2D eigenvalue weighted by atomic mass is 9.98. The van der Waals surface area contributed by atoms with Crippen molar-refractivity contribution in [3.05, 3.63) is 54.5 Å². The normalized spacial score (nSPS) is 17.1. The molecule has 2 aromatic heterocycles. The Kier molecular flexibility index (Phi) is 4.91. The number of aromatic nitrogens is 3. The molecule has 1 saturated heterocycles. The highest BCUT2D eigenvalue weighted by atomic mass is 16.5. The number of hydrogen-bond acceptors (Lipinski definition) is 5. The summed E-state index contributed by atoms with van der Waals surface area (Å²) in [4.78, 5) is 14.9. The highest BCUT2D eigenvalue weighted by molar-refractivity contribution is 5.99. The summed E-state index contributed by atoms with van der Waals surface area (Å²) in [7, 11) is 1.64. The summed E-state index contributed by atoms with van der Waals surface area (Å²) < 4.78 is 12.9. The number of pyridine rings is 1. The van der Waals surface area contributed by atoms with Gasteiger partial charge < -0.3 is 14.4 Å². The number of benzene rings is 1. The molecule has 0 bridgehead atoms. The summed E-state index contributed by atoms with van der Waals surface area (Å²) in [6, 6.07) is 11.2. The van der Waals surface area contributed by atoms with Crippen LogP contribution in [0.25, 0.3) is 5.65 Å². The van der Waals surface area contributed by atoms with E-state index in [-0.39, 0.29) is 5.91 Å². The topological polar surface area (TPSA) is 69.0 Å². The average molecular weight is 366 g/mol. The predicted molar refractivity (Wildman–Crippen MR) is 100 cm³/mol. The van der Waals surface area contributed by atoms with Crippen molar-refractivity contribution in [1.82, 2.24) is 19.5 Å². The number of rotatable bonds is 5. The minimum Gasteiger partial charge on any atom is -0.497 e. The molecule has 0 saturated carbocycles. The van der Waals surface area contributed by atoms with Crippen LogP contribution in [0.5, 0.6) is 11.5 Å². The Labute approximate surface area is 157 Å². The number of hydrogen-bond donors (Lipinski definition) is 0. The molecule has 27 heavy (non-hydrogen) atoms. The quantitative estimate of drug-likeness (QED) is 0.694. The van der Waals surface area contributed by atoms with Crippen LogP contribution in [-0.2, 0) is 0 Å². The van der Waals surface area contributed by atoms with Gasteiger partial charge in [0.25, 0.3) is 5.91 Å². The van der Waals surface area contributed by atoms with E-state index in [1.54, 1.807) is 17.8 Å². The summed E-state index contributed by atoms with van der Waals surface area (Å²) >= 11 is 0. The van der Waals surface area contributed by atoms with Crippen LogP contribution < -0.4 is 9.47 Å². The van der Waals surface area contributed by atoms with Crippen LogP contribution in [0, 0.1) is 5.92 Å². The lowest BCUT2D eigenvalue weighted by molar-refractivity contribution is 0.0634. The third-order valence-corrected chi connectivity index (χ3v) is 4.89. The zero-order chi connectivity index (χ0) is 18.6. The van der Waals surface area contributed by atoms with Crippen molar-refractivity contribution in [2.45, 2.75) is 12.8 Å². The molecule has 1 aliphatic rings. The molecule has 4 rings (SSSR count). The van der Waals surface area contributed by atoms with E-state index in [0.717, 1.165) is 30.9 Å². The maximum Gasteiger partial charge on any atom is 0.257 e.